The number of rotatable bonds is 5. The summed E-state index contributed by atoms with van der Waals surface area (Å²) in [6.45, 7) is 4.72. The van der Waals surface area contributed by atoms with Crippen molar-refractivity contribution >= 4 is 5.91 Å². The van der Waals surface area contributed by atoms with Crippen LogP contribution in [-0.2, 0) is 17.9 Å². The monoisotopic (exact) mass is 255 g/mol. The highest BCUT2D eigenvalue weighted by molar-refractivity contribution is 5.86. The summed E-state index contributed by atoms with van der Waals surface area (Å²) in [5, 5.41) is 0. The van der Waals surface area contributed by atoms with E-state index < -0.39 is 0 Å². The van der Waals surface area contributed by atoms with Crippen LogP contribution in [0.3, 0.4) is 0 Å². The predicted molar refractivity (Wildman–Crippen MR) is 74.4 cm³/mol. The van der Waals surface area contributed by atoms with E-state index in [1.54, 1.807) is 18.1 Å². The van der Waals surface area contributed by atoms with Crippen molar-refractivity contribution in [2.45, 2.75) is 13.1 Å². The van der Waals surface area contributed by atoms with Gasteiger partial charge in [-0.3, -0.25) is 4.79 Å². The van der Waals surface area contributed by atoms with Crippen molar-refractivity contribution in [3.05, 3.63) is 66.8 Å². The number of amides is 1. The van der Waals surface area contributed by atoms with Crippen molar-refractivity contribution in [1.82, 2.24) is 14.5 Å². The van der Waals surface area contributed by atoms with E-state index in [0.717, 1.165) is 12.4 Å². The van der Waals surface area contributed by atoms with E-state index in [1.165, 1.54) is 11.6 Å². The molecule has 0 atom stereocenters. The number of carbonyl (C=O) groups excluding carboxylic acids is 1. The molecule has 4 heteroatoms. The van der Waals surface area contributed by atoms with E-state index in [4.69, 9.17) is 0 Å². The van der Waals surface area contributed by atoms with E-state index in [0.29, 0.717) is 6.54 Å². The minimum absolute atomic E-state index is 0.103. The molecule has 0 radical (unpaired) electrons. The van der Waals surface area contributed by atoms with Gasteiger partial charge in [0.25, 0.3) is 0 Å². The first-order chi connectivity index (χ1) is 9.20. The molecular formula is C15H17N3O. The Balaban J connectivity index is 2.10. The Morgan fingerprint density at radius 3 is 2.84 bits per heavy atom. The number of hydrogen-bond acceptors (Lipinski definition) is 2. The van der Waals surface area contributed by atoms with Crippen molar-refractivity contribution in [2.75, 3.05) is 7.05 Å². The lowest BCUT2D eigenvalue weighted by Crippen LogP contribution is -2.25. The van der Waals surface area contributed by atoms with Gasteiger partial charge in [0, 0.05) is 26.0 Å². The Kier molecular flexibility index (Phi) is 4.13. The molecular weight excluding hydrogens is 238 g/mol. The van der Waals surface area contributed by atoms with Crippen LogP contribution in [0, 0.1) is 0 Å². The zero-order valence-electron chi connectivity index (χ0n) is 11.0. The molecule has 0 aliphatic carbocycles. The molecule has 1 amide bonds. The number of benzene rings is 1. The maximum absolute atomic E-state index is 11.5. The van der Waals surface area contributed by atoms with Crippen molar-refractivity contribution in [1.29, 1.82) is 0 Å². The number of likely N-dealkylation sites (N-methyl/N-ethyl adjacent to an activating group) is 1. The molecule has 2 rings (SSSR count). The summed E-state index contributed by atoms with van der Waals surface area (Å²) in [6.07, 6.45) is 4.99. The van der Waals surface area contributed by atoms with E-state index in [9.17, 15) is 4.79 Å². The molecule has 1 aromatic carbocycles. The summed E-state index contributed by atoms with van der Waals surface area (Å²) in [5.74, 6) is 0.760. The van der Waals surface area contributed by atoms with Gasteiger partial charge in [0.2, 0.25) is 5.91 Å². The number of carbonyl (C=O) groups is 1. The largest absolute Gasteiger partial charge is 0.335 e. The number of hydrogen-bond donors (Lipinski definition) is 0. The number of nitrogens with zero attached hydrogens (tertiary/aromatic N) is 3. The Labute approximate surface area is 113 Å². The molecule has 0 N–H and O–H groups in total. The quantitative estimate of drug-likeness (QED) is 0.767. The summed E-state index contributed by atoms with van der Waals surface area (Å²) in [4.78, 5) is 17.4. The highest BCUT2D eigenvalue weighted by Crippen LogP contribution is 2.07. The molecule has 0 spiro atoms. The van der Waals surface area contributed by atoms with Crippen molar-refractivity contribution in [2.24, 2.45) is 0 Å². The molecule has 0 unspecified atom stereocenters. The number of aromatic nitrogens is 2. The lowest BCUT2D eigenvalue weighted by Gasteiger charge is -2.16. The van der Waals surface area contributed by atoms with Gasteiger partial charge in [0.05, 0.1) is 6.54 Å². The molecule has 1 aromatic heterocycles. The van der Waals surface area contributed by atoms with E-state index >= 15 is 0 Å². The van der Waals surface area contributed by atoms with E-state index in [-0.39, 0.29) is 5.91 Å². The van der Waals surface area contributed by atoms with E-state index in [1.807, 2.05) is 29.0 Å². The molecule has 98 valence electrons. The Morgan fingerprint density at radius 1 is 1.42 bits per heavy atom. The zero-order valence-corrected chi connectivity index (χ0v) is 11.0. The predicted octanol–water partition coefficient (Wildman–Crippen LogP) is 2.08. The van der Waals surface area contributed by atoms with Crippen LogP contribution in [0.2, 0.25) is 0 Å². The first kappa shape index (κ1) is 13.1. The topological polar surface area (TPSA) is 38.1 Å². The maximum atomic E-state index is 11.5. The Bertz CT molecular complexity index is 560. The molecule has 4 nitrogen and oxygen atoms in total. The van der Waals surface area contributed by atoms with Crippen LogP contribution in [0.1, 0.15) is 11.4 Å². The number of imidazole rings is 1. The lowest BCUT2D eigenvalue weighted by molar-refractivity contribution is -0.125. The fourth-order valence-corrected chi connectivity index (χ4v) is 1.86. The van der Waals surface area contributed by atoms with Crippen LogP contribution in [0.25, 0.3) is 0 Å². The highest BCUT2D eigenvalue weighted by atomic mass is 16.2. The minimum Gasteiger partial charge on any atom is -0.335 e. The van der Waals surface area contributed by atoms with Gasteiger partial charge in [0.1, 0.15) is 5.82 Å². The molecule has 0 saturated carbocycles. The second kappa shape index (κ2) is 6.00. The fraction of sp³-hybridized carbons (Fsp3) is 0.200. The Morgan fingerprint density at radius 2 is 2.16 bits per heavy atom. The van der Waals surface area contributed by atoms with Crippen LogP contribution in [0.4, 0.5) is 0 Å². The van der Waals surface area contributed by atoms with Gasteiger partial charge in [-0.2, -0.15) is 0 Å². The third kappa shape index (κ3) is 3.31. The third-order valence-corrected chi connectivity index (χ3v) is 2.93. The van der Waals surface area contributed by atoms with Gasteiger partial charge in [-0.25, -0.2) is 4.98 Å². The first-order valence-corrected chi connectivity index (χ1v) is 6.12. The second-order valence-corrected chi connectivity index (χ2v) is 4.36. The molecule has 0 fully saturated rings. The van der Waals surface area contributed by atoms with Crippen LogP contribution < -0.4 is 0 Å². The Hall–Kier alpha value is -2.36. The normalized spacial score (nSPS) is 10.2. The molecule has 19 heavy (non-hydrogen) atoms. The van der Waals surface area contributed by atoms with Gasteiger partial charge in [-0.1, -0.05) is 36.9 Å². The molecule has 1 heterocycles. The third-order valence-electron chi connectivity index (χ3n) is 2.93. The van der Waals surface area contributed by atoms with Gasteiger partial charge in [-0.05, 0) is 11.6 Å². The molecule has 0 aliphatic rings. The highest BCUT2D eigenvalue weighted by Gasteiger charge is 2.09. The SMILES string of the molecule is C=CC(=O)N(C)Cc1nccn1Cc1ccccc1. The van der Waals surface area contributed by atoms with E-state index in [2.05, 4.69) is 23.7 Å². The summed E-state index contributed by atoms with van der Waals surface area (Å²) < 4.78 is 2.04. The van der Waals surface area contributed by atoms with Gasteiger partial charge in [0.15, 0.2) is 0 Å². The second-order valence-electron chi connectivity index (χ2n) is 4.36. The van der Waals surface area contributed by atoms with Crippen LogP contribution in [0.5, 0.6) is 0 Å². The average Bonchev–Trinajstić information content (AvgIpc) is 2.86. The summed E-state index contributed by atoms with van der Waals surface area (Å²) >= 11 is 0. The van der Waals surface area contributed by atoms with Gasteiger partial charge >= 0.3 is 0 Å². The van der Waals surface area contributed by atoms with Crippen LogP contribution >= 0.6 is 0 Å². The molecule has 0 aliphatic heterocycles. The molecule has 0 bridgehead atoms. The van der Waals surface area contributed by atoms with Crippen molar-refractivity contribution in [3.8, 4) is 0 Å². The lowest BCUT2D eigenvalue weighted by atomic mass is 10.2. The smallest absolute Gasteiger partial charge is 0.246 e. The van der Waals surface area contributed by atoms with Crippen molar-refractivity contribution < 1.29 is 4.79 Å². The summed E-state index contributed by atoms with van der Waals surface area (Å²) in [7, 11) is 1.74. The van der Waals surface area contributed by atoms with Crippen LogP contribution in [0.15, 0.2) is 55.4 Å². The average molecular weight is 255 g/mol. The fourth-order valence-electron chi connectivity index (χ4n) is 1.86. The van der Waals surface area contributed by atoms with Gasteiger partial charge in [-0.15, -0.1) is 0 Å². The zero-order chi connectivity index (χ0) is 13.7. The summed E-state index contributed by atoms with van der Waals surface area (Å²) in [6, 6.07) is 10.2. The van der Waals surface area contributed by atoms with Crippen molar-refractivity contribution in [3.63, 3.8) is 0 Å². The van der Waals surface area contributed by atoms with Crippen LogP contribution in [-0.4, -0.2) is 27.4 Å². The van der Waals surface area contributed by atoms with Gasteiger partial charge < -0.3 is 9.47 Å². The molecule has 0 saturated heterocycles. The molecule has 2 aromatic rings. The first-order valence-electron chi connectivity index (χ1n) is 6.12. The maximum Gasteiger partial charge on any atom is 0.246 e. The minimum atomic E-state index is -0.103. The summed E-state index contributed by atoms with van der Waals surface area (Å²) in [5.41, 5.74) is 1.21. The standard InChI is InChI=1S/C15H17N3O/c1-3-15(19)17(2)12-14-16-9-10-18(14)11-13-7-5-4-6-8-13/h3-10H,1,11-12H2,2H3.